The van der Waals surface area contributed by atoms with Crippen molar-refractivity contribution in [2.24, 2.45) is 52.3 Å². The molecule has 0 saturated heterocycles. The number of aliphatic hydroxyl groups is 2. The molecule has 252 valence electrons. The van der Waals surface area contributed by atoms with Crippen molar-refractivity contribution in [1.29, 1.82) is 0 Å². The number of halogens is 1. The fraction of sp³-hybridized carbons (Fsp3) is 0.649. The van der Waals surface area contributed by atoms with Gasteiger partial charge in [0.05, 0.1) is 23.7 Å². The third kappa shape index (κ3) is 5.79. The van der Waals surface area contributed by atoms with Crippen LogP contribution in [0.1, 0.15) is 79.1 Å². The average molecular weight is 656 g/mol. The summed E-state index contributed by atoms with van der Waals surface area (Å²) in [6.07, 6.45) is 6.14. The zero-order valence-corrected chi connectivity index (χ0v) is 28.3. The number of sulfonamides is 1. The molecule has 7 nitrogen and oxygen atoms in total. The zero-order valence-electron chi connectivity index (χ0n) is 27.5. The molecule has 4 aliphatic rings. The molecule has 46 heavy (non-hydrogen) atoms. The first-order valence-corrected chi connectivity index (χ1v) is 18.7. The lowest BCUT2D eigenvalue weighted by atomic mass is 9.41. The van der Waals surface area contributed by atoms with Crippen LogP contribution in [0.3, 0.4) is 0 Å². The molecule has 6 rings (SSSR count). The van der Waals surface area contributed by atoms with E-state index in [4.69, 9.17) is 4.74 Å². The van der Waals surface area contributed by atoms with E-state index in [1.807, 2.05) is 4.72 Å². The quantitative estimate of drug-likeness (QED) is 0.292. The number of carbonyl (C=O) groups is 1. The maximum absolute atomic E-state index is 13.3. The van der Waals surface area contributed by atoms with Gasteiger partial charge in [-0.2, -0.15) is 0 Å². The van der Waals surface area contributed by atoms with Crippen LogP contribution < -0.4 is 4.72 Å². The first-order valence-electron chi connectivity index (χ1n) is 17.2. The Balaban J connectivity index is 1.09. The van der Waals surface area contributed by atoms with Crippen LogP contribution in [0.2, 0.25) is 0 Å². The summed E-state index contributed by atoms with van der Waals surface area (Å²) in [6.45, 7) is 9.20. The van der Waals surface area contributed by atoms with Crippen LogP contribution in [0, 0.1) is 58.1 Å². The van der Waals surface area contributed by atoms with Crippen LogP contribution in [0.15, 0.2) is 53.4 Å². The molecule has 0 radical (unpaired) electrons. The topological polar surface area (TPSA) is 113 Å². The van der Waals surface area contributed by atoms with Crippen LogP contribution in [0.5, 0.6) is 0 Å². The molecule has 0 spiro atoms. The number of aliphatic hydroxyl groups excluding tert-OH is 2. The van der Waals surface area contributed by atoms with Gasteiger partial charge < -0.3 is 14.9 Å². The molecule has 1 amide bonds. The Kier molecular flexibility index (Phi) is 9.09. The highest BCUT2D eigenvalue weighted by Gasteiger charge is 2.65. The van der Waals surface area contributed by atoms with E-state index in [2.05, 4.69) is 27.7 Å². The highest BCUT2D eigenvalue weighted by molar-refractivity contribution is 7.90. The van der Waals surface area contributed by atoms with Crippen LogP contribution >= 0.6 is 0 Å². The summed E-state index contributed by atoms with van der Waals surface area (Å²) in [7, 11) is -4.14. The number of rotatable bonds is 7. The van der Waals surface area contributed by atoms with E-state index in [0.717, 1.165) is 62.5 Å². The molecule has 0 aromatic heterocycles. The van der Waals surface area contributed by atoms with Crippen LogP contribution in [-0.4, -0.2) is 43.5 Å². The van der Waals surface area contributed by atoms with Crippen molar-refractivity contribution in [3.63, 3.8) is 0 Å². The third-order valence-electron chi connectivity index (χ3n) is 13.2. The van der Waals surface area contributed by atoms with Gasteiger partial charge in [0.25, 0.3) is 10.0 Å². The maximum atomic E-state index is 13.3. The molecule has 0 bridgehead atoms. The molecule has 3 N–H and O–H groups in total. The monoisotopic (exact) mass is 655 g/mol. The van der Waals surface area contributed by atoms with E-state index in [1.54, 1.807) is 24.3 Å². The summed E-state index contributed by atoms with van der Waals surface area (Å²) >= 11 is 0. The highest BCUT2D eigenvalue weighted by atomic mass is 32.2. The summed E-state index contributed by atoms with van der Waals surface area (Å²) in [6, 6.07) is 12.0. The molecule has 4 fully saturated rings. The van der Waals surface area contributed by atoms with Crippen LogP contribution in [0.4, 0.5) is 9.18 Å². The number of nitrogens with one attached hydrogen (secondary N) is 1. The van der Waals surface area contributed by atoms with Gasteiger partial charge in [0.2, 0.25) is 0 Å². The van der Waals surface area contributed by atoms with Gasteiger partial charge in [-0.05, 0) is 133 Å². The minimum Gasteiger partial charge on any atom is -0.449 e. The van der Waals surface area contributed by atoms with Gasteiger partial charge in [-0.25, -0.2) is 22.3 Å². The first kappa shape index (κ1) is 33.4. The number of amides is 1. The van der Waals surface area contributed by atoms with Crippen molar-refractivity contribution in [3.05, 3.63) is 54.3 Å². The lowest BCUT2D eigenvalue weighted by molar-refractivity contribution is -0.203. The Bertz CT molecular complexity index is 1520. The molecule has 4 saturated carbocycles. The summed E-state index contributed by atoms with van der Waals surface area (Å²) in [4.78, 5) is 12.7. The highest BCUT2D eigenvalue weighted by Crippen LogP contribution is 2.69. The summed E-state index contributed by atoms with van der Waals surface area (Å²) in [5, 5.41) is 22.5. The Morgan fingerprint density at radius 3 is 2.20 bits per heavy atom. The number of fused-ring (bicyclic) bond motifs is 5. The lowest BCUT2D eigenvalue weighted by Gasteiger charge is -2.64. The van der Waals surface area contributed by atoms with Crippen molar-refractivity contribution in [3.8, 4) is 11.1 Å². The van der Waals surface area contributed by atoms with Gasteiger partial charge >= 0.3 is 6.09 Å². The fourth-order valence-electron chi connectivity index (χ4n) is 10.9. The van der Waals surface area contributed by atoms with Crippen molar-refractivity contribution in [2.45, 2.75) is 96.2 Å². The van der Waals surface area contributed by atoms with Gasteiger partial charge in [-0.1, -0.05) is 58.4 Å². The fourth-order valence-corrected chi connectivity index (χ4v) is 11.8. The van der Waals surface area contributed by atoms with E-state index < -0.39 is 16.1 Å². The normalized spacial score (nSPS) is 37.8. The Morgan fingerprint density at radius 1 is 0.935 bits per heavy atom. The van der Waals surface area contributed by atoms with E-state index in [0.29, 0.717) is 23.7 Å². The maximum Gasteiger partial charge on any atom is 0.421 e. The average Bonchev–Trinajstić information content (AvgIpc) is 3.38. The van der Waals surface area contributed by atoms with Crippen molar-refractivity contribution >= 4 is 16.1 Å². The number of carbonyl (C=O) groups excluding carboxylic acids is 1. The predicted octanol–water partition coefficient (Wildman–Crippen LogP) is 7.17. The Labute approximate surface area is 273 Å². The molecule has 2 aromatic rings. The molecule has 4 aliphatic carbocycles. The van der Waals surface area contributed by atoms with Crippen molar-refractivity contribution in [2.75, 3.05) is 6.61 Å². The van der Waals surface area contributed by atoms with E-state index in [-0.39, 0.29) is 58.1 Å². The predicted molar refractivity (Wildman–Crippen MR) is 174 cm³/mol. The van der Waals surface area contributed by atoms with Crippen molar-refractivity contribution < 1.29 is 32.6 Å². The minimum atomic E-state index is -4.14. The van der Waals surface area contributed by atoms with Crippen LogP contribution in [-0.2, 0) is 14.8 Å². The summed E-state index contributed by atoms with van der Waals surface area (Å²) < 4.78 is 46.7. The van der Waals surface area contributed by atoms with E-state index >= 15 is 0 Å². The molecule has 0 heterocycles. The summed E-state index contributed by atoms with van der Waals surface area (Å²) in [5.41, 5.74) is 1.63. The zero-order chi connectivity index (χ0) is 33.0. The number of benzene rings is 2. The number of ether oxygens (including phenoxy) is 1. The lowest BCUT2D eigenvalue weighted by Crippen LogP contribution is -2.62. The number of hydrogen-bond donors (Lipinski definition) is 3. The SMILES string of the molecule is CC[C@H]1[C@@H](O)[C@@H]2[C@H](CC[C@]3(C)[C@@H]([C@H](C)COC(=O)NS(=O)(=O)c4ccc(-c5ccc(F)cc5)cc4)CC[C@@H]23)[C@@]2(C)CC[C@@H](O)C[C@@H]12. The molecular weight excluding hydrogens is 605 g/mol. The first-order chi connectivity index (χ1) is 21.8. The Morgan fingerprint density at radius 2 is 1.54 bits per heavy atom. The van der Waals surface area contributed by atoms with Gasteiger partial charge in [-0.3, -0.25) is 0 Å². The molecule has 11 atom stereocenters. The van der Waals surface area contributed by atoms with Gasteiger partial charge in [0, 0.05) is 0 Å². The van der Waals surface area contributed by atoms with Crippen LogP contribution in [0.25, 0.3) is 11.1 Å². The second-order valence-electron chi connectivity index (χ2n) is 15.3. The molecule has 0 unspecified atom stereocenters. The van der Waals surface area contributed by atoms with E-state index in [9.17, 15) is 27.8 Å². The molecule has 9 heteroatoms. The number of hydrogen-bond acceptors (Lipinski definition) is 6. The third-order valence-corrected chi connectivity index (χ3v) is 14.5. The smallest absolute Gasteiger partial charge is 0.421 e. The summed E-state index contributed by atoms with van der Waals surface area (Å²) in [5.74, 6) is 1.62. The Hall–Kier alpha value is -2.49. The second-order valence-corrected chi connectivity index (χ2v) is 17.0. The van der Waals surface area contributed by atoms with Gasteiger partial charge in [0.15, 0.2) is 0 Å². The van der Waals surface area contributed by atoms with Crippen molar-refractivity contribution in [1.82, 2.24) is 4.72 Å². The molecule has 2 aromatic carbocycles. The molecule has 0 aliphatic heterocycles. The van der Waals surface area contributed by atoms with Gasteiger partial charge in [-0.15, -0.1) is 0 Å². The molecular formula is C37H50FNO6S. The second kappa shape index (κ2) is 12.5. The van der Waals surface area contributed by atoms with Gasteiger partial charge in [0.1, 0.15) is 5.82 Å². The minimum absolute atomic E-state index is 0.00934. The van der Waals surface area contributed by atoms with E-state index in [1.165, 1.54) is 24.3 Å². The standard InChI is InChI=1S/C37H50FNO6S/c1-5-28-32-20-26(40)16-18-37(32,4)31-17-19-36(3)29(14-15-30(36)33(31)34(28)41)22(2)21-45-35(42)39-46(43,44)27-12-8-24(9-13-27)23-6-10-25(38)11-7-23/h6-13,22,26,28-34,40-41H,5,14-21H2,1-4H3,(H,39,42)/t22-,26-,28-,29-,30+,31+,32+,33+,34-,36-,37-/m1/s1. The largest absolute Gasteiger partial charge is 0.449 e.